The highest BCUT2D eigenvalue weighted by Crippen LogP contribution is 2.32. The predicted molar refractivity (Wildman–Crippen MR) is 70.1 cm³/mol. The maximum atomic E-state index is 12.6. The molecule has 0 bridgehead atoms. The van der Waals surface area contributed by atoms with Gasteiger partial charge in [0.1, 0.15) is 5.75 Å². The van der Waals surface area contributed by atoms with Crippen molar-refractivity contribution in [3.05, 3.63) is 65.7 Å². The molecule has 1 heterocycles. The smallest absolute Gasteiger partial charge is 0.174 e. The molecule has 2 heteroatoms. The lowest BCUT2D eigenvalue weighted by molar-refractivity contribution is 0.0958. The zero-order valence-electron chi connectivity index (χ0n) is 10.0. The number of carbonyl (C=O) groups excluding carboxylic acids is 1. The molecular formula is C16H14O2. The third-order valence-corrected chi connectivity index (χ3v) is 3.34. The molecule has 1 aliphatic heterocycles. The summed E-state index contributed by atoms with van der Waals surface area (Å²) in [5.41, 5.74) is 1.77. The number of rotatable bonds is 1. The molecule has 0 aliphatic carbocycles. The van der Waals surface area contributed by atoms with Crippen molar-refractivity contribution >= 4 is 5.78 Å². The third-order valence-electron chi connectivity index (χ3n) is 3.34. The molecule has 1 aliphatic rings. The van der Waals surface area contributed by atoms with Gasteiger partial charge in [-0.05, 0) is 24.1 Å². The van der Waals surface area contributed by atoms with Crippen LogP contribution in [0.4, 0.5) is 0 Å². The summed E-state index contributed by atoms with van der Waals surface area (Å²) in [5.74, 6) is 0.782. The fourth-order valence-corrected chi connectivity index (χ4v) is 2.40. The first-order chi connectivity index (χ1) is 8.86. The van der Waals surface area contributed by atoms with Crippen molar-refractivity contribution in [2.24, 2.45) is 0 Å². The van der Waals surface area contributed by atoms with Gasteiger partial charge >= 0.3 is 0 Å². The second-order valence-electron chi connectivity index (χ2n) is 4.46. The van der Waals surface area contributed by atoms with E-state index in [9.17, 15) is 4.79 Å². The van der Waals surface area contributed by atoms with E-state index in [-0.39, 0.29) is 11.7 Å². The second-order valence-corrected chi connectivity index (χ2v) is 4.46. The quantitative estimate of drug-likeness (QED) is 0.760. The van der Waals surface area contributed by atoms with E-state index in [1.807, 2.05) is 54.6 Å². The molecule has 0 N–H and O–H groups in total. The monoisotopic (exact) mass is 238 g/mol. The van der Waals surface area contributed by atoms with Crippen molar-refractivity contribution in [2.75, 3.05) is 6.61 Å². The molecule has 18 heavy (non-hydrogen) atoms. The van der Waals surface area contributed by atoms with Crippen molar-refractivity contribution in [3.63, 3.8) is 0 Å². The molecule has 1 atom stereocenters. The number of benzene rings is 2. The molecule has 0 aromatic heterocycles. The molecule has 0 amide bonds. The molecule has 3 rings (SSSR count). The summed E-state index contributed by atoms with van der Waals surface area (Å²) in [4.78, 5) is 12.6. The highest BCUT2D eigenvalue weighted by atomic mass is 16.5. The molecule has 0 saturated carbocycles. The lowest BCUT2D eigenvalue weighted by atomic mass is 9.89. The van der Waals surface area contributed by atoms with E-state index in [4.69, 9.17) is 4.74 Å². The van der Waals surface area contributed by atoms with Gasteiger partial charge in [0.05, 0.1) is 18.1 Å². The van der Waals surface area contributed by atoms with E-state index in [0.717, 1.165) is 12.0 Å². The fourth-order valence-electron chi connectivity index (χ4n) is 2.40. The van der Waals surface area contributed by atoms with Crippen LogP contribution >= 0.6 is 0 Å². The van der Waals surface area contributed by atoms with Crippen LogP contribution in [0.5, 0.6) is 5.75 Å². The van der Waals surface area contributed by atoms with E-state index in [0.29, 0.717) is 17.9 Å². The van der Waals surface area contributed by atoms with Crippen LogP contribution in [0.25, 0.3) is 0 Å². The molecule has 1 unspecified atom stereocenters. The van der Waals surface area contributed by atoms with E-state index in [2.05, 4.69) is 0 Å². The van der Waals surface area contributed by atoms with Crippen LogP contribution in [-0.2, 0) is 0 Å². The van der Waals surface area contributed by atoms with Crippen LogP contribution in [0.2, 0.25) is 0 Å². The van der Waals surface area contributed by atoms with E-state index >= 15 is 0 Å². The summed E-state index contributed by atoms with van der Waals surface area (Å²) in [6.45, 7) is 0.586. The molecule has 0 radical (unpaired) electrons. The Hall–Kier alpha value is -2.09. The first-order valence-electron chi connectivity index (χ1n) is 6.17. The summed E-state index contributed by atoms with van der Waals surface area (Å²) in [6.07, 6.45) is 0.734. The van der Waals surface area contributed by atoms with Crippen LogP contribution in [0.3, 0.4) is 0 Å². The first-order valence-corrected chi connectivity index (χ1v) is 6.17. The minimum absolute atomic E-state index is 0.0881. The Labute approximate surface area is 106 Å². The zero-order valence-corrected chi connectivity index (χ0v) is 10.0. The van der Waals surface area contributed by atoms with Crippen molar-refractivity contribution in [3.8, 4) is 5.75 Å². The third kappa shape index (κ3) is 1.90. The van der Waals surface area contributed by atoms with Gasteiger partial charge < -0.3 is 4.74 Å². The predicted octanol–water partition coefficient (Wildman–Crippen LogP) is 3.44. The summed E-state index contributed by atoms with van der Waals surface area (Å²) >= 11 is 0. The SMILES string of the molecule is O=C1c2ccccc2OCCC1c1ccccc1. The zero-order chi connectivity index (χ0) is 12.4. The molecule has 0 fully saturated rings. The van der Waals surface area contributed by atoms with Crippen LogP contribution in [0.1, 0.15) is 28.3 Å². The fraction of sp³-hybridized carbons (Fsp3) is 0.188. The Morgan fingerprint density at radius 1 is 0.944 bits per heavy atom. The van der Waals surface area contributed by atoms with Crippen molar-refractivity contribution in [1.29, 1.82) is 0 Å². The lowest BCUT2D eigenvalue weighted by Gasteiger charge is -2.12. The minimum atomic E-state index is -0.0881. The molecular weight excluding hydrogens is 224 g/mol. The Kier molecular flexibility index (Phi) is 2.85. The average Bonchev–Trinajstić information content (AvgIpc) is 2.60. The van der Waals surface area contributed by atoms with Gasteiger partial charge in [-0.3, -0.25) is 4.79 Å². The van der Waals surface area contributed by atoms with Gasteiger partial charge in [0.2, 0.25) is 0 Å². The lowest BCUT2D eigenvalue weighted by Crippen LogP contribution is -2.12. The summed E-state index contributed by atoms with van der Waals surface area (Å²) in [7, 11) is 0. The Morgan fingerprint density at radius 2 is 1.67 bits per heavy atom. The normalized spacial score (nSPS) is 18.7. The van der Waals surface area contributed by atoms with E-state index in [1.165, 1.54) is 0 Å². The number of carbonyl (C=O) groups is 1. The van der Waals surface area contributed by atoms with Crippen LogP contribution in [-0.4, -0.2) is 12.4 Å². The topological polar surface area (TPSA) is 26.3 Å². The highest BCUT2D eigenvalue weighted by molar-refractivity contribution is 6.03. The molecule has 2 nitrogen and oxygen atoms in total. The molecule has 2 aromatic rings. The van der Waals surface area contributed by atoms with E-state index < -0.39 is 0 Å². The molecule has 90 valence electrons. The van der Waals surface area contributed by atoms with Gasteiger partial charge in [-0.2, -0.15) is 0 Å². The number of ether oxygens (including phenoxy) is 1. The molecule has 0 spiro atoms. The first kappa shape index (κ1) is 11.0. The van der Waals surface area contributed by atoms with Gasteiger partial charge in [0.25, 0.3) is 0 Å². The molecule has 2 aromatic carbocycles. The largest absolute Gasteiger partial charge is 0.493 e. The van der Waals surface area contributed by atoms with Crippen LogP contribution in [0.15, 0.2) is 54.6 Å². The van der Waals surface area contributed by atoms with Gasteiger partial charge in [0.15, 0.2) is 5.78 Å². The summed E-state index contributed by atoms with van der Waals surface area (Å²) in [5, 5.41) is 0. The number of hydrogen-bond donors (Lipinski definition) is 0. The van der Waals surface area contributed by atoms with Gasteiger partial charge in [-0.1, -0.05) is 42.5 Å². The van der Waals surface area contributed by atoms with Crippen molar-refractivity contribution in [2.45, 2.75) is 12.3 Å². The van der Waals surface area contributed by atoms with Crippen LogP contribution in [0, 0.1) is 0 Å². The standard InChI is InChI=1S/C16H14O2/c17-16-13(12-6-2-1-3-7-12)10-11-18-15-9-5-4-8-14(15)16/h1-9,13H,10-11H2. The van der Waals surface area contributed by atoms with E-state index in [1.54, 1.807) is 0 Å². The highest BCUT2D eigenvalue weighted by Gasteiger charge is 2.27. The number of para-hydroxylation sites is 1. The number of hydrogen-bond acceptors (Lipinski definition) is 2. The second kappa shape index (κ2) is 4.65. The molecule has 0 saturated heterocycles. The van der Waals surface area contributed by atoms with Crippen LogP contribution < -0.4 is 4.74 Å². The van der Waals surface area contributed by atoms with Crippen molar-refractivity contribution < 1.29 is 9.53 Å². The Bertz CT molecular complexity index is 560. The average molecular weight is 238 g/mol. The van der Waals surface area contributed by atoms with Crippen molar-refractivity contribution in [1.82, 2.24) is 0 Å². The maximum Gasteiger partial charge on any atom is 0.174 e. The summed E-state index contributed by atoms with van der Waals surface area (Å²) < 4.78 is 5.65. The van der Waals surface area contributed by atoms with Gasteiger partial charge in [-0.15, -0.1) is 0 Å². The Morgan fingerprint density at radius 3 is 2.50 bits per heavy atom. The number of ketones is 1. The maximum absolute atomic E-state index is 12.6. The minimum Gasteiger partial charge on any atom is -0.493 e. The van der Waals surface area contributed by atoms with Gasteiger partial charge in [-0.25, -0.2) is 0 Å². The van der Waals surface area contributed by atoms with Gasteiger partial charge in [0, 0.05) is 0 Å². The number of Topliss-reactive ketones (excluding diaryl/α,β-unsaturated/α-hetero) is 1. The Balaban J connectivity index is 2.02. The number of fused-ring (bicyclic) bond motifs is 1. The summed E-state index contributed by atoms with van der Waals surface area (Å²) in [6, 6.07) is 17.4.